The molecule has 0 unspecified atom stereocenters. The van der Waals surface area contributed by atoms with Gasteiger partial charge in [-0.25, -0.2) is 0 Å². The van der Waals surface area contributed by atoms with Crippen LogP contribution in [0.3, 0.4) is 0 Å². The summed E-state index contributed by atoms with van der Waals surface area (Å²) in [4.78, 5) is 4.60. The Bertz CT molecular complexity index is 637. The first-order valence-electron chi connectivity index (χ1n) is 11.6. The van der Waals surface area contributed by atoms with Crippen LogP contribution < -0.4 is 4.74 Å². The second-order valence-corrected chi connectivity index (χ2v) is 7.81. The van der Waals surface area contributed by atoms with Crippen molar-refractivity contribution < 1.29 is 9.47 Å². The molecule has 1 heterocycles. The van der Waals surface area contributed by atoms with Crippen LogP contribution in [-0.4, -0.2) is 18.2 Å². The van der Waals surface area contributed by atoms with Crippen molar-refractivity contribution in [1.82, 2.24) is 4.98 Å². The van der Waals surface area contributed by atoms with Crippen molar-refractivity contribution in [3.05, 3.63) is 48.2 Å². The Morgan fingerprint density at radius 2 is 1.34 bits per heavy atom. The Hall–Kier alpha value is -1.87. The van der Waals surface area contributed by atoms with E-state index in [-0.39, 0.29) is 0 Å². The molecule has 0 bridgehead atoms. The molecule has 160 valence electrons. The van der Waals surface area contributed by atoms with Gasteiger partial charge in [0.05, 0.1) is 18.9 Å². The average Bonchev–Trinajstić information content (AvgIpc) is 2.76. The van der Waals surface area contributed by atoms with Crippen LogP contribution in [-0.2, 0) is 11.3 Å². The highest BCUT2D eigenvalue weighted by molar-refractivity contribution is 5.60. The number of benzene rings is 1. The zero-order valence-electron chi connectivity index (χ0n) is 18.5. The van der Waals surface area contributed by atoms with E-state index >= 15 is 0 Å². The first-order chi connectivity index (χ1) is 14.3. The molecule has 0 N–H and O–H groups in total. The minimum absolute atomic E-state index is 0.643. The van der Waals surface area contributed by atoms with Gasteiger partial charge in [0.1, 0.15) is 5.75 Å². The molecule has 0 aliphatic rings. The monoisotopic (exact) mass is 397 g/mol. The van der Waals surface area contributed by atoms with E-state index in [0.717, 1.165) is 48.6 Å². The van der Waals surface area contributed by atoms with Gasteiger partial charge in [-0.05, 0) is 48.7 Å². The van der Waals surface area contributed by atoms with E-state index in [9.17, 15) is 0 Å². The van der Waals surface area contributed by atoms with Crippen LogP contribution in [0.2, 0.25) is 0 Å². The lowest BCUT2D eigenvalue weighted by Gasteiger charge is -2.08. The van der Waals surface area contributed by atoms with E-state index in [1.54, 1.807) is 0 Å². The minimum atomic E-state index is 0.643. The molecule has 3 nitrogen and oxygen atoms in total. The number of hydrogen-bond donors (Lipinski definition) is 0. The Morgan fingerprint density at radius 1 is 0.690 bits per heavy atom. The maximum Gasteiger partial charge on any atom is 0.119 e. The Kier molecular flexibility index (Phi) is 12.1. The van der Waals surface area contributed by atoms with Crippen LogP contribution in [0.1, 0.15) is 83.6 Å². The molecule has 0 saturated carbocycles. The molecule has 0 amide bonds. The lowest BCUT2D eigenvalue weighted by atomic mass is 10.1. The first-order valence-corrected chi connectivity index (χ1v) is 11.6. The van der Waals surface area contributed by atoms with Gasteiger partial charge >= 0.3 is 0 Å². The molecule has 29 heavy (non-hydrogen) atoms. The smallest absolute Gasteiger partial charge is 0.119 e. The summed E-state index contributed by atoms with van der Waals surface area (Å²) in [6, 6.07) is 12.4. The summed E-state index contributed by atoms with van der Waals surface area (Å²) in [5.41, 5.74) is 3.23. The predicted molar refractivity (Wildman–Crippen MR) is 122 cm³/mol. The molecule has 1 aromatic heterocycles. The van der Waals surface area contributed by atoms with Crippen LogP contribution in [0.25, 0.3) is 11.3 Å². The number of rotatable bonds is 16. The Morgan fingerprint density at radius 3 is 2.03 bits per heavy atom. The summed E-state index contributed by atoms with van der Waals surface area (Å²) in [7, 11) is 0. The summed E-state index contributed by atoms with van der Waals surface area (Å²) in [6.07, 6.45) is 14.6. The van der Waals surface area contributed by atoms with Gasteiger partial charge in [0.2, 0.25) is 0 Å². The maximum atomic E-state index is 5.86. The molecular formula is C26H39NO2. The van der Waals surface area contributed by atoms with E-state index in [1.165, 1.54) is 51.4 Å². The van der Waals surface area contributed by atoms with Crippen LogP contribution in [0.15, 0.2) is 42.6 Å². The van der Waals surface area contributed by atoms with Crippen molar-refractivity contribution in [3.8, 4) is 17.0 Å². The van der Waals surface area contributed by atoms with Crippen LogP contribution >= 0.6 is 0 Å². The molecule has 0 atom stereocenters. The van der Waals surface area contributed by atoms with Gasteiger partial charge in [0, 0.05) is 18.4 Å². The van der Waals surface area contributed by atoms with Crippen LogP contribution in [0.5, 0.6) is 5.75 Å². The molecule has 0 saturated heterocycles. The zero-order chi connectivity index (χ0) is 20.6. The van der Waals surface area contributed by atoms with Gasteiger partial charge < -0.3 is 9.47 Å². The molecule has 3 heteroatoms. The topological polar surface area (TPSA) is 31.4 Å². The quantitative estimate of drug-likeness (QED) is 0.273. The Balaban J connectivity index is 1.68. The summed E-state index contributed by atoms with van der Waals surface area (Å²) < 4.78 is 11.6. The summed E-state index contributed by atoms with van der Waals surface area (Å²) in [5.74, 6) is 0.940. The fraction of sp³-hybridized carbons (Fsp3) is 0.577. The van der Waals surface area contributed by atoms with Gasteiger partial charge in [-0.15, -0.1) is 0 Å². The summed E-state index contributed by atoms with van der Waals surface area (Å²) in [5, 5.41) is 0. The second kappa shape index (κ2) is 15.0. The van der Waals surface area contributed by atoms with Crippen LogP contribution in [0.4, 0.5) is 0 Å². The van der Waals surface area contributed by atoms with E-state index < -0.39 is 0 Å². The van der Waals surface area contributed by atoms with Crippen molar-refractivity contribution in [2.75, 3.05) is 13.2 Å². The normalized spacial score (nSPS) is 11.0. The van der Waals surface area contributed by atoms with Crippen molar-refractivity contribution in [2.24, 2.45) is 0 Å². The highest BCUT2D eigenvalue weighted by atomic mass is 16.5. The highest BCUT2D eigenvalue weighted by Gasteiger charge is 2.02. The van der Waals surface area contributed by atoms with E-state index in [4.69, 9.17) is 9.47 Å². The third kappa shape index (κ3) is 9.94. The second-order valence-electron chi connectivity index (χ2n) is 7.81. The molecule has 2 rings (SSSR count). The molecule has 0 spiro atoms. The third-order valence-corrected chi connectivity index (χ3v) is 5.15. The van der Waals surface area contributed by atoms with Gasteiger partial charge in [0.15, 0.2) is 0 Å². The average molecular weight is 398 g/mol. The number of nitrogens with zero attached hydrogens (tertiary/aromatic N) is 1. The fourth-order valence-electron chi connectivity index (χ4n) is 3.30. The Labute approximate surface area is 177 Å². The van der Waals surface area contributed by atoms with Crippen molar-refractivity contribution >= 4 is 0 Å². The number of unbranched alkanes of at least 4 members (excludes halogenated alkanes) is 8. The minimum Gasteiger partial charge on any atom is -0.494 e. The molecule has 1 aromatic carbocycles. The van der Waals surface area contributed by atoms with Gasteiger partial charge in [-0.1, -0.05) is 71.3 Å². The largest absolute Gasteiger partial charge is 0.494 e. The van der Waals surface area contributed by atoms with Crippen molar-refractivity contribution in [2.45, 2.75) is 84.7 Å². The standard InChI is InChI=1S/C26H39NO2/c1-3-5-7-9-10-12-20-29-25-16-14-24(15-17-25)26-18-13-23(21-27-26)22-28-19-11-8-6-4-2/h13-18,21H,3-12,19-20,22H2,1-2H3. The van der Waals surface area contributed by atoms with E-state index in [1.807, 2.05) is 18.3 Å². The molecule has 0 radical (unpaired) electrons. The first kappa shape index (κ1) is 23.4. The lowest BCUT2D eigenvalue weighted by molar-refractivity contribution is 0.116. The van der Waals surface area contributed by atoms with Crippen LogP contribution in [0, 0.1) is 0 Å². The van der Waals surface area contributed by atoms with Crippen molar-refractivity contribution in [3.63, 3.8) is 0 Å². The fourth-order valence-corrected chi connectivity index (χ4v) is 3.30. The third-order valence-electron chi connectivity index (χ3n) is 5.15. The summed E-state index contributed by atoms with van der Waals surface area (Å²) >= 11 is 0. The number of ether oxygens (including phenoxy) is 2. The molecule has 0 fully saturated rings. The zero-order valence-corrected chi connectivity index (χ0v) is 18.5. The van der Waals surface area contributed by atoms with E-state index in [2.05, 4.69) is 43.1 Å². The summed E-state index contributed by atoms with van der Waals surface area (Å²) in [6.45, 7) is 6.76. The molecule has 0 aliphatic heterocycles. The SMILES string of the molecule is CCCCCCCCOc1ccc(-c2ccc(COCCCCCC)cn2)cc1. The predicted octanol–water partition coefficient (Wildman–Crippen LogP) is 7.58. The van der Waals surface area contributed by atoms with Crippen molar-refractivity contribution in [1.29, 1.82) is 0 Å². The van der Waals surface area contributed by atoms with Gasteiger partial charge in [-0.2, -0.15) is 0 Å². The number of hydrogen-bond acceptors (Lipinski definition) is 3. The maximum absolute atomic E-state index is 5.86. The number of pyridine rings is 1. The number of aromatic nitrogens is 1. The molecule has 0 aliphatic carbocycles. The highest BCUT2D eigenvalue weighted by Crippen LogP contribution is 2.21. The van der Waals surface area contributed by atoms with Gasteiger partial charge in [-0.3, -0.25) is 4.98 Å². The lowest BCUT2D eigenvalue weighted by Crippen LogP contribution is -1.97. The molecular weight excluding hydrogens is 358 g/mol. The van der Waals surface area contributed by atoms with Gasteiger partial charge in [0.25, 0.3) is 0 Å². The molecule has 2 aromatic rings. The van der Waals surface area contributed by atoms with E-state index in [0.29, 0.717) is 6.61 Å².